The van der Waals surface area contributed by atoms with Gasteiger partial charge in [-0.25, -0.2) is 0 Å². The monoisotopic (exact) mass is 256 g/mol. The van der Waals surface area contributed by atoms with Crippen molar-refractivity contribution in [2.24, 2.45) is 5.92 Å². The van der Waals surface area contributed by atoms with Crippen molar-refractivity contribution in [3.8, 4) is 0 Å². The lowest BCUT2D eigenvalue weighted by atomic mass is 10.2. The fourth-order valence-electron chi connectivity index (χ4n) is 1.19. The summed E-state index contributed by atoms with van der Waals surface area (Å²) in [6.45, 7) is 5.88. The minimum absolute atomic E-state index is 0.589. The fourth-order valence-corrected chi connectivity index (χ4v) is 1.56. The van der Waals surface area contributed by atoms with Gasteiger partial charge in [0.05, 0.1) is 0 Å². The predicted octanol–water partition coefficient (Wildman–Crippen LogP) is 2.96. The Morgan fingerprint density at radius 1 is 1.38 bits per heavy atom. The lowest BCUT2D eigenvalue weighted by Gasteiger charge is -2.12. The van der Waals surface area contributed by atoms with Gasteiger partial charge in [-0.15, -0.1) is 0 Å². The normalized spacial score (nSPS) is 10.2. The quantitative estimate of drug-likeness (QED) is 0.810. The molecule has 0 aromatic heterocycles. The third kappa shape index (κ3) is 5.33. The smallest absolute Gasteiger partial charge is 0.166 e. The van der Waals surface area contributed by atoms with Crippen molar-refractivity contribution in [3.63, 3.8) is 0 Å². The van der Waals surface area contributed by atoms with Crippen molar-refractivity contribution in [3.05, 3.63) is 34.9 Å². The lowest BCUT2D eigenvalue weighted by Crippen LogP contribution is -2.36. The Balaban J connectivity index is 2.31. The molecular weight excluding hydrogens is 240 g/mol. The molecule has 1 rings (SSSR count). The molecule has 0 amide bonds. The van der Waals surface area contributed by atoms with Gasteiger partial charge < -0.3 is 10.6 Å². The predicted molar refractivity (Wildman–Crippen MR) is 73.7 cm³/mol. The number of halogens is 1. The van der Waals surface area contributed by atoms with Crippen LogP contribution in [-0.2, 0) is 6.54 Å². The van der Waals surface area contributed by atoms with Gasteiger partial charge in [0.25, 0.3) is 0 Å². The van der Waals surface area contributed by atoms with Gasteiger partial charge in [0, 0.05) is 18.1 Å². The first-order chi connectivity index (χ1) is 7.58. The number of hydrogen-bond acceptors (Lipinski definition) is 1. The molecule has 0 aliphatic heterocycles. The van der Waals surface area contributed by atoms with Gasteiger partial charge in [0.2, 0.25) is 0 Å². The van der Waals surface area contributed by atoms with Crippen LogP contribution < -0.4 is 10.6 Å². The standard InChI is InChI=1S/C12H17ClN2S/c1-9(2)7-14-12(16)15-8-10-4-3-5-11(13)6-10/h3-6,9H,7-8H2,1-2H3,(H2,14,15,16). The van der Waals surface area contributed by atoms with Gasteiger partial charge in [-0.2, -0.15) is 0 Å². The molecule has 0 atom stereocenters. The van der Waals surface area contributed by atoms with Gasteiger partial charge in [0.1, 0.15) is 0 Å². The summed E-state index contributed by atoms with van der Waals surface area (Å²) in [5, 5.41) is 7.74. The lowest BCUT2D eigenvalue weighted by molar-refractivity contribution is 0.619. The highest BCUT2D eigenvalue weighted by Gasteiger charge is 1.98. The summed E-state index contributed by atoms with van der Waals surface area (Å²) in [5.41, 5.74) is 1.13. The van der Waals surface area contributed by atoms with E-state index >= 15 is 0 Å². The maximum absolute atomic E-state index is 5.89. The molecular formula is C12H17ClN2S. The number of thiocarbonyl (C=S) groups is 1. The molecule has 0 saturated carbocycles. The second-order valence-corrected chi connectivity index (χ2v) is 4.93. The largest absolute Gasteiger partial charge is 0.362 e. The summed E-state index contributed by atoms with van der Waals surface area (Å²) in [7, 11) is 0. The molecule has 1 aromatic rings. The molecule has 0 heterocycles. The van der Waals surface area contributed by atoms with Gasteiger partial charge >= 0.3 is 0 Å². The molecule has 0 unspecified atom stereocenters. The minimum atomic E-state index is 0.589. The molecule has 2 N–H and O–H groups in total. The molecule has 4 heteroatoms. The van der Waals surface area contributed by atoms with E-state index in [4.69, 9.17) is 23.8 Å². The van der Waals surface area contributed by atoms with E-state index in [1.54, 1.807) is 0 Å². The zero-order valence-corrected chi connectivity index (χ0v) is 11.2. The maximum Gasteiger partial charge on any atom is 0.166 e. The van der Waals surface area contributed by atoms with Gasteiger partial charge in [-0.1, -0.05) is 37.6 Å². The van der Waals surface area contributed by atoms with Gasteiger partial charge in [0.15, 0.2) is 5.11 Å². The Morgan fingerprint density at radius 3 is 2.75 bits per heavy atom. The number of hydrogen-bond donors (Lipinski definition) is 2. The molecule has 88 valence electrons. The third-order valence-electron chi connectivity index (χ3n) is 2.01. The van der Waals surface area contributed by atoms with Crippen LogP contribution in [0.2, 0.25) is 5.02 Å². The van der Waals surface area contributed by atoms with Crippen molar-refractivity contribution >= 4 is 28.9 Å². The van der Waals surface area contributed by atoms with Crippen molar-refractivity contribution in [1.29, 1.82) is 0 Å². The zero-order valence-electron chi connectivity index (χ0n) is 9.59. The van der Waals surface area contributed by atoms with E-state index < -0.39 is 0 Å². The molecule has 0 aliphatic carbocycles. The van der Waals surface area contributed by atoms with Crippen molar-refractivity contribution < 1.29 is 0 Å². The molecule has 0 fully saturated rings. The average molecular weight is 257 g/mol. The van der Waals surface area contributed by atoms with E-state index in [0.717, 1.165) is 17.1 Å². The molecule has 16 heavy (non-hydrogen) atoms. The van der Waals surface area contributed by atoms with Crippen LogP contribution in [0, 0.1) is 5.92 Å². The Kier molecular flexibility index (Phi) is 5.56. The van der Waals surface area contributed by atoms with Crippen LogP contribution in [0.25, 0.3) is 0 Å². The van der Waals surface area contributed by atoms with E-state index in [2.05, 4.69) is 24.5 Å². The van der Waals surface area contributed by atoms with Crippen molar-refractivity contribution in [2.45, 2.75) is 20.4 Å². The van der Waals surface area contributed by atoms with Crippen LogP contribution >= 0.6 is 23.8 Å². The van der Waals surface area contributed by atoms with Crippen molar-refractivity contribution in [2.75, 3.05) is 6.54 Å². The van der Waals surface area contributed by atoms with Crippen LogP contribution in [0.5, 0.6) is 0 Å². The average Bonchev–Trinajstić information content (AvgIpc) is 2.23. The summed E-state index contributed by atoms with van der Waals surface area (Å²) < 4.78 is 0. The second-order valence-electron chi connectivity index (χ2n) is 4.09. The summed E-state index contributed by atoms with van der Waals surface area (Å²) >= 11 is 11.0. The van der Waals surface area contributed by atoms with E-state index in [1.807, 2.05) is 24.3 Å². The van der Waals surface area contributed by atoms with Crippen molar-refractivity contribution in [1.82, 2.24) is 10.6 Å². The van der Waals surface area contributed by atoms with E-state index in [1.165, 1.54) is 0 Å². The highest BCUT2D eigenvalue weighted by atomic mass is 35.5. The van der Waals surface area contributed by atoms with Crippen LogP contribution in [0.1, 0.15) is 19.4 Å². The first kappa shape index (κ1) is 13.3. The molecule has 0 bridgehead atoms. The Labute approximate surface area is 107 Å². The highest BCUT2D eigenvalue weighted by molar-refractivity contribution is 7.80. The minimum Gasteiger partial charge on any atom is -0.362 e. The number of nitrogens with one attached hydrogen (secondary N) is 2. The van der Waals surface area contributed by atoms with E-state index in [-0.39, 0.29) is 0 Å². The van der Waals surface area contributed by atoms with E-state index in [0.29, 0.717) is 17.6 Å². The molecule has 0 spiro atoms. The highest BCUT2D eigenvalue weighted by Crippen LogP contribution is 2.10. The Bertz CT molecular complexity index is 353. The summed E-state index contributed by atoms with van der Waals surface area (Å²) in [6.07, 6.45) is 0. The zero-order chi connectivity index (χ0) is 12.0. The first-order valence-electron chi connectivity index (χ1n) is 5.34. The molecule has 1 aromatic carbocycles. The first-order valence-corrected chi connectivity index (χ1v) is 6.12. The molecule has 0 aliphatic rings. The van der Waals surface area contributed by atoms with Crippen LogP contribution in [0.3, 0.4) is 0 Å². The maximum atomic E-state index is 5.89. The summed E-state index contributed by atoms with van der Waals surface area (Å²) in [6, 6.07) is 7.74. The Hall–Kier alpha value is -0.800. The summed E-state index contributed by atoms with van der Waals surface area (Å²) in [5.74, 6) is 0.589. The molecule has 2 nitrogen and oxygen atoms in total. The summed E-state index contributed by atoms with van der Waals surface area (Å²) in [4.78, 5) is 0. The topological polar surface area (TPSA) is 24.1 Å². The molecule has 0 saturated heterocycles. The van der Waals surface area contributed by atoms with Gasteiger partial charge in [-0.05, 0) is 35.8 Å². The van der Waals surface area contributed by atoms with E-state index in [9.17, 15) is 0 Å². The Morgan fingerprint density at radius 2 is 2.12 bits per heavy atom. The molecule has 0 radical (unpaired) electrons. The SMILES string of the molecule is CC(C)CNC(=S)NCc1cccc(Cl)c1. The van der Waals surface area contributed by atoms with Crippen LogP contribution in [0.4, 0.5) is 0 Å². The third-order valence-corrected chi connectivity index (χ3v) is 2.54. The number of rotatable bonds is 4. The van der Waals surface area contributed by atoms with Crippen LogP contribution in [0.15, 0.2) is 24.3 Å². The van der Waals surface area contributed by atoms with Gasteiger partial charge in [-0.3, -0.25) is 0 Å². The van der Waals surface area contributed by atoms with Crippen LogP contribution in [-0.4, -0.2) is 11.7 Å². The number of benzene rings is 1. The second kappa shape index (κ2) is 6.71. The fraction of sp³-hybridized carbons (Fsp3) is 0.417.